The predicted octanol–water partition coefficient (Wildman–Crippen LogP) is 2.68. The molecule has 96 valence electrons. The minimum atomic E-state index is -0.252. The smallest absolute Gasteiger partial charge is 0.272 e. The lowest BCUT2D eigenvalue weighted by atomic mass is 10.1. The van der Waals surface area contributed by atoms with Gasteiger partial charge in [0.15, 0.2) is 5.69 Å². The third-order valence-corrected chi connectivity index (χ3v) is 3.27. The van der Waals surface area contributed by atoms with Crippen LogP contribution in [0.15, 0.2) is 23.6 Å². The Morgan fingerprint density at radius 1 is 1.44 bits per heavy atom. The molecule has 2 aromatic rings. The molecule has 0 aliphatic carbocycles. The molecule has 2 rings (SSSR count). The van der Waals surface area contributed by atoms with Crippen molar-refractivity contribution in [3.63, 3.8) is 0 Å². The van der Waals surface area contributed by atoms with Gasteiger partial charge < -0.3 is 5.32 Å². The van der Waals surface area contributed by atoms with Crippen molar-refractivity contribution in [2.24, 2.45) is 7.05 Å². The quantitative estimate of drug-likeness (QED) is 0.905. The first-order chi connectivity index (χ1) is 8.37. The van der Waals surface area contributed by atoms with Gasteiger partial charge in [-0.05, 0) is 38.3 Å². The minimum absolute atomic E-state index is 0.138. The van der Waals surface area contributed by atoms with E-state index in [0.717, 1.165) is 10.6 Å². The standard InChI is InChI=1S/C13H17N3OS/c1-13(2,3)14-12(17)9-8-10(16(4)15-9)11-6-5-7-18-11/h5-8H,1-4H3,(H,14,17). The highest BCUT2D eigenvalue weighted by Gasteiger charge is 2.19. The molecule has 0 saturated heterocycles. The van der Waals surface area contributed by atoms with Gasteiger partial charge >= 0.3 is 0 Å². The molecule has 0 radical (unpaired) electrons. The van der Waals surface area contributed by atoms with Gasteiger partial charge in [-0.1, -0.05) is 6.07 Å². The molecule has 0 bridgehead atoms. The molecule has 1 amide bonds. The molecule has 0 atom stereocenters. The highest BCUT2D eigenvalue weighted by Crippen LogP contribution is 2.24. The summed E-state index contributed by atoms with van der Waals surface area (Å²) in [5.41, 5.74) is 1.16. The Morgan fingerprint density at radius 2 is 2.17 bits per heavy atom. The molecule has 0 aliphatic rings. The average molecular weight is 263 g/mol. The molecular weight excluding hydrogens is 246 g/mol. The van der Waals surface area contributed by atoms with Crippen LogP contribution in [0.5, 0.6) is 0 Å². The number of nitrogens with zero attached hydrogens (tertiary/aromatic N) is 2. The minimum Gasteiger partial charge on any atom is -0.346 e. The molecule has 0 fully saturated rings. The van der Waals surface area contributed by atoms with Crippen molar-refractivity contribution in [3.05, 3.63) is 29.3 Å². The number of aryl methyl sites for hydroxylation is 1. The van der Waals surface area contributed by atoms with E-state index in [4.69, 9.17) is 0 Å². The molecule has 0 aromatic carbocycles. The summed E-state index contributed by atoms with van der Waals surface area (Å²) in [6.45, 7) is 5.86. The highest BCUT2D eigenvalue weighted by molar-refractivity contribution is 7.13. The van der Waals surface area contributed by atoms with Crippen LogP contribution in [0.4, 0.5) is 0 Å². The van der Waals surface area contributed by atoms with E-state index in [-0.39, 0.29) is 11.4 Å². The van der Waals surface area contributed by atoms with E-state index >= 15 is 0 Å². The monoisotopic (exact) mass is 263 g/mol. The number of amides is 1. The molecule has 2 aromatic heterocycles. The van der Waals surface area contributed by atoms with Crippen LogP contribution in [0.25, 0.3) is 10.6 Å². The topological polar surface area (TPSA) is 46.9 Å². The van der Waals surface area contributed by atoms with Gasteiger partial charge in [-0.3, -0.25) is 9.48 Å². The largest absolute Gasteiger partial charge is 0.346 e. The Bertz CT molecular complexity index is 549. The fourth-order valence-corrected chi connectivity index (χ4v) is 2.41. The SMILES string of the molecule is Cn1nc(C(=O)NC(C)(C)C)cc1-c1cccs1. The van der Waals surface area contributed by atoms with Gasteiger partial charge in [0.2, 0.25) is 0 Å². The lowest BCUT2D eigenvalue weighted by molar-refractivity contribution is 0.0913. The molecule has 0 unspecified atom stereocenters. The maximum Gasteiger partial charge on any atom is 0.272 e. The van der Waals surface area contributed by atoms with Crippen LogP contribution in [0, 0.1) is 0 Å². The van der Waals surface area contributed by atoms with E-state index < -0.39 is 0 Å². The van der Waals surface area contributed by atoms with Gasteiger partial charge in [-0.2, -0.15) is 5.10 Å². The summed E-state index contributed by atoms with van der Waals surface area (Å²) >= 11 is 1.64. The van der Waals surface area contributed by atoms with Crippen LogP contribution >= 0.6 is 11.3 Å². The summed E-state index contributed by atoms with van der Waals surface area (Å²) in [7, 11) is 1.85. The first kappa shape index (κ1) is 12.8. The van der Waals surface area contributed by atoms with E-state index in [1.807, 2.05) is 51.4 Å². The van der Waals surface area contributed by atoms with Crippen LogP contribution in [-0.4, -0.2) is 21.2 Å². The zero-order chi connectivity index (χ0) is 13.3. The second-order valence-electron chi connectivity index (χ2n) is 5.22. The van der Waals surface area contributed by atoms with Gasteiger partial charge in [0.1, 0.15) is 0 Å². The number of carbonyl (C=O) groups excluding carboxylic acids is 1. The third-order valence-electron chi connectivity index (χ3n) is 2.37. The maximum atomic E-state index is 12.0. The molecular formula is C13H17N3OS. The van der Waals surface area contributed by atoms with Crippen molar-refractivity contribution in [2.75, 3.05) is 0 Å². The molecule has 1 N–H and O–H groups in total. The normalized spacial score (nSPS) is 11.6. The lowest BCUT2D eigenvalue weighted by Gasteiger charge is -2.19. The van der Waals surface area contributed by atoms with Crippen LogP contribution in [0.3, 0.4) is 0 Å². The van der Waals surface area contributed by atoms with E-state index in [0.29, 0.717) is 5.69 Å². The van der Waals surface area contributed by atoms with Gasteiger partial charge in [0, 0.05) is 12.6 Å². The van der Waals surface area contributed by atoms with Crippen molar-refractivity contribution in [1.29, 1.82) is 0 Å². The fourth-order valence-electron chi connectivity index (χ4n) is 1.64. The Kier molecular flexibility index (Phi) is 3.26. The molecule has 0 spiro atoms. The first-order valence-electron chi connectivity index (χ1n) is 5.77. The second-order valence-corrected chi connectivity index (χ2v) is 6.17. The Morgan fingerprint density at radius 3 is 2.72 bits per heavy atom. The number of hydrogen-bond donors (Lipinski definition) is 1. The molecule has 4 nitrogen and oxygen atoms in total. The van der Waals surface area contributed by atoms with E-state index in [1.165, 1.54) is 0 Å². The van der Waals surface area contributed by atoms with E-state index in [9.17, 15) is 4.79 Å². The summed E-state index contributed by atoms with van der Waals surface area (Å²) in [6.07, 6.45) is 0. The molecule has 0 saturated carbocycles. The van der Waals surface area contributed by atoms with Crippen LogP contribution < -0.4 is 5.32 Å². The number of nitrogens with one attached hydrogen (secondary N) is 1. The lowest BCUT2D eigenvalue weighted by Crippen LogP contribution is -2.40. The third kappa shape index (κ3) is 2.79. The average Bonchev–Trinajstić information content (AvgIpc) is 2.82. The fraction of sp³-hybridized carbons (Fsp3) is 0.385. The summed E-state index contributed by atoms with van der Waals surface area (Å²) in [6, 6.07) is 5.84. The first-order valence-corrected chi connectivity index (χ1v) is 6.65. The number of hydrogen-bond acceptors (Lipinski definition) is 3. The Hall–Kier alpha value is -1.62. The summed E-state index contributed by atoms with van der Waals surface area (Å²) < 4.78 is 1.74. The van der Waals surface area contributed by atoms with Crippen LogP contribution in [-0.2, 0) is 7.05 Å². The molecule has 2 heterocycles. The number of aromatic nitrogens is 2. The zero-order valence-corrected chi connectivity index (χ0v) is 11.8. The van der Waals surface area contributed by atoms with Gasteiger partial charge in [-0.15, -0.1) is 11.3 Å². The Labute approximate surface area is 111 Å². The van der Waals surface area contributed by atoms with Crippen molar-refractivity contribution >= 4 is 17.2 Å². The summed E-state index contributed by atoms with van der Waals surface area (Å²) in [4.78, 5) is 13.1. The van der Waals surface area contributed by atoms with E-state index in [1.54, 1.807) is 16.0 Å². The predicted molar refractivity (Wildman–Crippen MR) is 73.7 cm³/mol. The van der Waals surface area contributed by atoms with Gasteiger partial charge in [0.25, 0.3) is 5.91 Å². The maximum absolute atomic E-state index is 12.0. The van der Waals surface area contributed by atoms with Crippen molar-refractivity contribution in [1.82, 2.24) is 15.1 Å². The van der Waals surface area contributed by atoms with Crippen LogP contribution in [0.2, 0.25) is 0 Å². The van der Waals surface area contributed by atoms with Crippen LogP contribution in [0.1, 0.15) is 31.3 Å². The molecule has 18 heavy (non-hydrogen) atoms. The second kappa shape index (κ2) is 4.57. The molecule has 0 aliphatic heterocycles. The van der Waals surface area contributed by atoms with Crippen molar-refractivity contribution in [3.8, 4) is 10.6 Å². The van der Waals surface area contributed by atoms with E-state index in [2.05, 4.69) is 10.4 Å². The molecule has 5 heteroatoms. The van der Waals surface area contributed by atoms with Crippen molar-refractivity contribution < 1.29 is 4.79 Å². The summed E-state index contributed by atoms with van der Waals surface area (Å²) in [5.74, 6) is -0.138. The van der Waals surface area contributed by atoms with Crippen molar-refractivity contribution in [2.45, 2.75) is 26.3 Å². The number of rotatable bonds is 2. The van der Waals surface area contributed by atoms with Gasteiger partial charge in [0.05, 0.1) is 10.6 Å². The number of thiophene rings is 1. The van der Waals surface area contributed by atoms with Gasteiger partial charge in [-0.25, -0.2) is 0 Å². The Balaban J connectivity index is 2.27. The summed E-state index contributed by atoms with van der Waals surface area (Å²) in [5, 5.41) is 9.18. The highest BCUT2D eigenvalue weighted by atomic mass is 32.1. The zero-order valence-electron chi connectivity index (χ0n) is 11.0. The number of carbonyl (C=O) groups is 1.